The van der Waals surface area contributed by atoms with E-state index < -0.39 is 0 Å². The fourth-order valence-corrected chi connectivity index (χ4v) is 3.27. The second kappa shape index (κ2) is 5.14. The standard InChI is InChI=1S/C15H17N3O2/c16-7-10-2-1-3-12(6-10)17-15(20)18-8-11-4-5-14(19)13(11)9-18/h1-3,6,11,13-14,19H,4-5,8-9H2,(H,17,20). The minimum Gasteiger partial charge on any atom is -0.393 e. The summed E-state index contributed by atoms with van der Waals surface area (Å²) in [6, 6.07) is 8.77. The third-order valence-corrected chi connectivity index (χ3v) is 4.35. The van der Waals surface area contributed by atoms with Crippen molar-refractivity contribution >= 4 is 11.7 Å². The van der Waals surface area contributed by atoms with E-state index in [4.69, 9.17) is 5.26 Å². The number of hydrogen-bond donors (Lipinski definition) is 2. The Hall–Kier alpha value is -2.06. The Morgan fingerprint density at radius 3 is 3.00 bits per heavy atom. The molecule has 1 aromatic carbocycles. The van der Waals surface area contributed by atoms with Crippen LogP contribution in [0.3, 0.4) is 0 Å². The summed E-state index contributed by atoms with van der Waals surface area (Å²) in [6.07, 6.45) is 1.59. The molecular weight excluding hydrogens is 254 g/mol. The number of hydrogen-bond acceptors (Lipinski definition) is 3. The van der Waals surface area contributed by atoms with E-state index in [0.29, 0.717) is 30.3 Å². The van der Waals surface area contributed by atoms with E-state index in [1.807, 2.05) is 0 Å². The average molecular weight is 271 g/mol. The van der Waals surface area contributed by atoms with Gasteiger partial charge in [0.05, 0.1) is 17.7 Å². The molecule has 1 saturated heterocycles. The molecule has 0 aromatic heterocycles. The van der Waals surface area contributed by atoms with Crippen molar-refractivity contribution in [2.75, 3.05) is 18.4 Å². The van der Waals surface area contributed by atoms with Crippen molar-refractivity contribution in [3.05, 3.63) is 29.8 Å². The molecule has 1 aliphatic carbocycles. The average Bonchev–Trinajstić information content (AvgIpc) is 3.02. The normalized spacial score (nSPS) is 28.0. The van der Waals surface area contributed by atoms with Gasteiger partial charge in [-0.2, -0.15) is 5.26 Å². The van der Waals surface area contributed by atoms with Gasteiger partial charge < -0.3 is 15.3 Å². The van der Waals surface area contributed by atoms with Crippen molar-refractivity contribution < 1.29 is 9.90 Å². The molecule has 3 rings (SSSR count). The fourth-order valence-electron chi connectivity index (χ4n) is 3.27. The topological polar surface area (TPSA) is 76.4 Å². The maximum absolute atomic E-state index is 12.2. The number of nitriles is 1. The van der Waals surface area contributed by atoms with Crippen LogP contribution in [-0.4, -0.2) is 35.2 Å². The number of carbonyl (C=O) groups excluding carboxylic acids is 1. The van der Waals surface area contributed by atoms with Gasteiger partial charge in [-0.25, -0.2) is 4.79 Å². The highest BCUT2D eigenvalue weighted by molar-refractivity contribution is 5.89. The van der Waals surface area contributed by atoms with Crippen molar-refractivity contribution in [2.24, 2.45) is 11.8 Å². The quantitative estimate of drug-likeness (QED) is 0.817. The first-order chi connectivity index (χ1) is 9.67. The van der Waals surface area contributed by atoms with Crippen LogP contribution in [0.4, 0.5) is 10.5 Å². The van der Waals surface area contributed by atoms with Gasteiger partial charge in [0.2, 0.25) is 0 Å². The lowest BCUT2D eigenvalue weighted by Crippen LogP contribution is -2.34. The Morgan fingerprint density at radius 2 is 2.25 bits per heavy atom. The summed E-state index contributed by atoms with van der Waals surface area (Å²) >= 11 is 0. The van der Waals surface area contributed by atoms with Gasteiger partial charge in [0.25, 0.3) is 0 Å². The lowest BCUT2D eigenvalue weighted by molar-refractivity contribution is 0.127. The van der Waals surface area contributed by atoms with Gasteiger partial charge in [-0.1, -0.05) is 6.07 Å². The monoisotopic (exact) mass is 271 g/mol. The molecule has 1 aromatic rings. The van der Waals surface area contributed by atoms with Gasteiger partial charge in [-0.15, -0.1) is 0 Å². The lowest BCUT2D eigenvalue weighted by atomic mass is 10.00. The first kappa shape index (κ1) is 12.9. The summed E-state index contributed by atoms with van der Waals surface area (Å²) in [5, 5.41) is 21.5. The van der Waals surface area contributed by atoms with Crippen molar-refractivity contribution in [2.45, 2.75) is 18.9 Å². The Labute approximate surface area is 117 Å². The van der Waals surface area contributed by atoms with Crippen LogP contribution in [0.2, 0.25) is 0 Å². The van der Waals surface area contributed by atoms with Gasteiger partial charge >= 0.3 is 6.03 Å². The number of benzene rings is 1. The smallest absolute Gasteiger partial charge is 0.321 e. The number of rotatable bonds is 1. The van der Waals surface area contributed by atoms with Gasteiger partial charge in [0.15, 0.2) is 0 Å². The number of aliphatic hydroxyl groups excluding tert-OH is 1. The molecular formula is C15H17N3O2. The minimum absolute atomic E-state index is 0.151. The number of aliphatic hydroxyl groups is 1. The number of urea groups is 1. The minimum atomic E-state index is -0.264. The molecule has 0 bridgehead atoms. The van der Waals surface area contributed by atoms with Crippen molar-refractivity contribution in [1.29, 1.82) is 5.26 Å². The summed E-state index contributed by atoms with van der Waals surface area (Å²) in [4.78, 5) is 14.0. The number of anilines is 1. The van der Waals surface area contributed by atoms with Crippen LogP contribution in [0.5, 0.6) is 0 Å². The summed E-state index contributed by atoms with van der Waals surface area (Å²) in [6.45, 7) is 1.33. The highest BCUT2D eigenvalue weighted by Gasteiger charge is 2.43. The van der Waals surface area contributed by atoms with Crippen molar-refractivity contribution in [1.82, 2.24) is 4.90 Å². The molecule has 104 valence electrons. The first-order valence-electron chi connectivity index (χ1n) is 6.91. The van der Waals surface area contributed by atoms with Crippen LogP contribution < -0.4 is 5.32 Å². The van der Waals surface area contributed by atoms with Crippen LogP contribution in [0, 0.1) is 23.2 Å². The predicted octanol–water partition coefficient (Wildman–Crippen LogP) is 1.79. The number of carbonyl (C=O) groups is 1. The summed E-state index contributed by atoms with van der Waals surface area (Å²) in [5.41, 5.74) is 1.16. The van der Waals surface area contributed by atoms with E-state index in [1.54, 1.807) is 29.2 Å². The second-order valence-corrected chi connectivity index (χ2v) is 5.60. The maximum atomic E-state index is 12.2. The summed E-state index contributed by atoms with van der Waals surface area (Å²) in [7, 11) is 0. The van der Waals surface area contributed by atoms with E-state index in [1.165, 1.54) is 0 Å². The predicted molar refractivity (Wildman–Crippen MR) is 74.0 cm³/mol. The molecule has 3 atom stereocenters. The Morgan fingerprint density at radius 1 is 1.40 bits per heavy atom. The van der Waals surface area contributed by atoms with Crippen LogP contribution in [0.25, 0.3) is 0 Å². The third kappa shape index (κ3) is 2.35. The van der Waals surface area contributed by atoms with Crippen molar-refractivity contribution in [3.8, 4) is 6.07 Å². The number of amides is 2. The molecule has 0 radical (unpaired) electrons. The third-order valence-electron chi connectivity index (χ3n) is 4.35. The van der Waals surface area contributed by atoms with Gasteiger partial charge in [0, 0.05) is 24.7 Å². The molecule has 5 nitrogen and oxygen atoms in total. The molecule has 2 aliphatic rings. The Bertz CT molecular complexity index is 566. The lowest BCUT2D eigenvalue weighted by Gasteiger charge is -2.19. The van der Waals surface area contributed by atoms with Crippen LogP contribution in [0.1, 0.15) is 18.4 Å². The van der Waals surface area contributed by atoms with E-state index >= 15 is 0 Å². The highest BCUT2D eigenvalue weighted by atomic mass is 16.3. The van der Waals surface area contributed by atoms with Crippen molar-refractivity contribution in [3.63, 3.8) is 0 Å². The zero-order chi connectivity index (χ0) is 14.1. The van der Waals surface area contributed by atoms with E-state index in [0.717, 1.165) is 12.8 Å². The van der Waals surface area contributed by atoms with Crippen LogP contribution in [-0.2, 0) is 0 Å². The van der Waals surface area contributed by atoms with Gasteiger partial charge in [-0.05, 0) is 37.0 Å². The molecule has 2 amide bonds. The molecule has 5 heteroatoms. The summed E-state index contributed by atoms with van der Waals surface area (Å²) < 4.78 is 0. The maximum Gasteiger partial charge on any atom is 0.321 e. The first-order valence-corrected chi connectivity index (χ1v) is 6.91. The zero-order valence-corrected chi connectivity index (χ0v) is 11.1. The zero-order valence-electron chi connectivity index (χ0n) is 11.1. The molecule has 2 N–H and O–H groups in total. The number of likely N-dealkylation sites (tertiary alicyclic amines) is 1. The fraction of sp³-hybridized carbons (Fsp3) is 0.467. The Balaban J connectivity index is 1.64. The van der Waals surface area contributed by atoms with Crippen LogP contribution >= 0.6 is 0 Å². The van der Waals surface area contributed by atoms with Crippen LogP contribution in [0.15, 0.2) is 24.3 Å². The summed E-state index contributed by atoms with van der Waals surface area (Å²) in [5.74, 6) is 0.660. The molecule has 3 unspecified atom stereocenters. The molecule has 2 fully saturated rings. The van der Waals surface area contributed by atoms with E-state index in [2.05, 4.69) is 11.4 Å². The Kier molecular flexibility index (Phi) is 3.33. The molecule has 1 saturated carbocycles. The highest BCUT2D eigenvalue weighted by Crippen LogP contribution is 2.38. The molecule has 0 spiro atoms. The molecule has 1 aliphatic heterocycles. The SMILES string of the molecule is N#Cc1cccc(NC(=O)N2CC3CCC(O)C3C2)c1. The second-order valence-electron chi connectivity index (χ2n) is 5.60. The molecule has 1 heterocycles. The van der Waals surface area contributed by atoms with E-state index in [9.17, 15) is 9.90 Å². The van der Waals surface area contributed by atoms with Gasteiger partial charge in [0.1, 0.15) is 0 Å². The molecule has 20 heavy (non-hydrogen) atoms. The van der Waals surface area contributed by atoms with E-state index in [-0.39, 0.29) is 18.1 Å². The number of nitrogens with one attached hydrogen (secondary N) is 1. The van der Waals surface area contributed by atoms with Gasteiger partial charge in [-0.3, -0.25) is 0 Å². The number of fused-ring (bicyclic) bond motifs is 1. The number of nitrogens with zero attached hydrogens (tertiary/aromatic N) is 2. The largest absolute Gasteiger partial charge is 0.393 e.